The van der Waals surface area contributed by atoms with Gasteiger partial charge in [0, 0.05) is 20.8 Å². The quantitative estimate of drug-likeness (QED) is 0.435. The molecular weight excluding hydrogens is 434 g/mol. The van der Waals surface area contributed by atoms with Gasteiger partial charge in [-0.1, -0.05) is 69.4 Å². The molecule has 0 saturated carbocycles. The van der Waals surface area contributed by atoms with Crippen LogP contribution in [-0.2, 0) is 4.79 Å². The Morgan fingerprint density at radius 3 is 2.69 bits per heavy atom. The Morgan fingerprint density at radius 1 is 1.08 bits per heavy atom. The summed E-state index contributed by atoms with van der Waals surface area (Å²) in [5, 5.41) is 0.745. The van der Waals surface area contributed by atoms with Crippen LogP contribution >= 0.6 is 39.0 Å². The van der Waals surface area contributed by atoms with E-state index in [4.69, 9.17) is 4.74 Å². The Bertz CT molecular complexity index is 1080. The number of aromatic nitrogens is 1. The van der Waals surface area contributed by atoms with Gasteiger partial charge in [-0.15, -0.1) is 0 Å². The maximum Gasteiger partial charge on any atom is 0.316 e. The van der Waals surface area contributed by atoms with Crippen LogP contribution in [0.4, 0.5) is 0 Å². The average Bonchev–Trinajstić information content (AvgIpc) is 3.02. The maximum absolute atomic E-state index is 12.9. The molecule has 2 aromatic carbocycles. The first-order chi connectivity index (χ1) is 12.6. The summed E-state index contributed by atoms with van der Waals surface area (Å²) in [6, 6.07) is 15.6. The molecule has 0 saturated heterocycles. The monoisotopic (exact) mass is 445 g/mol. The molecule has 0 fully saturated rings. The first-order valence-electron chi connectivity index (χ1n) is 8.07. The van der Waals surface area contributed by atoms with Crippen molar-refractivity contribution in [2.45, 2.75) is 16.2 Å². The summed E-state index contributed by atoms with van der Waals surface area (Å²) in [4.78, 5) is 28.8. The van der Waals surface area contributed by atoms with Crippen molar-refractivity contribution in [1.82, 2.24) is 4.98 Å². The molecule has 26 heavy (non-hydrogen) atoms. The summed E-state index contributed by atoms with van der Waals surface area (Å²) in [6.07, 6.45) is 0. The fourth-order valence-electron chi connectivity index (χ4n) is 3.70. The van der Waals surface area contributed by atoms with E-state index in [9.17, 15) is 9.59 Å². The van der Waals surface area contributed by atoms with Gasteiger partial charge in [0.05, 0.1) is 16.2 Å². The number of benzene rings is 2. The summed E-state index contributed by atoms with van der Waals surface area (Å²) in [5.41, 5.74) is 2.00. The van der Waals surface area contributed by atoms with E-state index in [2.05, 4.69) is 20.9 Å². The Hall–Kier alpha value is -1.83. The van der Waals surface area contributed by atoms with Crippen LogP contribution in [0.3, 0.4) is 0 Å². The number of thiazole rings is 1. The van der Waals surface area contributed by atoms with Crippen LogP contribution in [0.25, 0.3) is 0 Å². The zero-order valence-corrected chi connectivity index (χ0v) is 16.5. The number of rotatable bonds is 1. The van der Waals surface area contributed by atoms with Crippen molar-refractivity contribution in [2.24, 2.45) is 5.92 Å². The van der Waals surface area contributed by atoms with Crippen LogP contribution in [0.15, 0.2) is 62.8 Å². The predicted molar refractivity (Wildman–Crippen MR) is 105 cm³/mol. The predicted octanol–water partition coefficient (Wildman–Crippen LogP) is 4.71. The standard InChI is InChI=1S/C19H12BrNO3S2/c20-10-6-7-12-11(8-10)13-14(18(22)24-12)15(9-4-2-1-3-5-9)25-17-16(13)26-19(23)21-17/h1-8,13-15H,(H,21,23)/t13-,14-,15+/m1/s1. The summed E-state index contributed by atoms with van der Waals surface area (Å²) in [7, 11) is 0. The lowest BCUT2D eigenvalue weighted by atomic mass is 9.78. The smallest absolute Gasteiger partial charge is 0.316 e. The van der Waals surface area contributed by atoms with E-state index < -0.39 is 0 Å². The van der Waals surface area contributed by atoms with Gasteiger partial charge in [-0.05, 0) is 23.8 Å². The molecule has 130 valence electrons. The number of hydrogen-bond acceptors (Lipinski definition) is 5. The number of nitrogens with one attached hydrogen (secondary N) is 1. The highest BCUT2D eigenvalue weighted by Crippen LogP contribution is 2.58. The molecule has 1 aromatic heterocycles. The van der Waals surface area contributed by atoms with Crippen molar-refractivity contribution in [3.8, 4) is 5.75 Å². The molecule has 3 heterocycles. The summed E-state index contributed by atoms with van der Waals surface area (Å²) in [5.74, 6) is -0.222. The highest BCUT2D eigenvalue weighted by atomic mass is 79.9. The number of carbonyl (C=O) groups excluding carboxylic acids is 1. The molecule has 1 N–H and O–H groups in total. The third-order valence-corrected chi connectivity index (χ3v) is 7.74. The van der Waals surface area contributed by atoms with E-state index in [0.29, 0.717) is 5.75 Å². The second kappa shape index (κ2) is 6.11. The number of aromatic amines is 1. The summed E-state index contributed by atoms with van der Waals surface area (Å²) in [6.45, 7) is 0. The zero-order valence-electron chi connectivity index (χ0n) is 13.3. The van der Waals surface area contributed by atoms with Crippen molar-refractivity contribution in [3.05, 3.63) is 78.7 Å². The number of esters is 1. The van der Waals surface area contributed by atoms with Crippen molar-refractivity contribution in [2.75, 3.05) is 0 Å². The van der Waals surface area contributed by atoms with Crippen LogP contribution in [0.1, 0.15) is 27.2 Å². The molecule has 0 unspecified atom stereocenters. The molecule has 0 amide bonds. The molecule has 3 atom stereocenters. The molecule has 2 aliphatic heterocycles. The van der Waals surface area contributed by atoms with Gasteiger partial charge in [0.1, 0.15) is 5.75 Å². The van der Waals surface area contributed by atoms with Gasteiger partial charge in [-0.3, -0.25) is 9.59 Å². The van der Waals surface area contributed by atoms with E-state index in [1.807, 2.05) is 48.5 Å². The highest BCUT2D eigenvalue weighted by molar-refractivity contribution is 9.10. The number of thioether (sulfide) groups is 1. The van der Waals surface area contributed by atoms with Gasteiger partial charge >= 0.3 is 10.8 Å². The number of hydrogen-bond donors (Lipinski definition) is 1. The molecule has 5 rings (SSSR count). The molecule has 0 aliphatic carbocycles. The van der Waals surface area contributed by atoms with Gasteiger partial charge in [-0.2, -0.15) is 0 Å². The topological polar surface area (TPSA) is 59.2 Å². The van der Waals surface area contributed by atoms with Gasteiger partial charge in [-0.25, -0.2) is 0 Å². The molecule has 3 aromatic rings. The van der Waals surface area contributed by atoms with Crippen molar-refractivity contribution in [3.63, 3.8) is 0 Å². The minimum atomic E-state index is -0.372. The average molecular weight is 446 g/mol. The van der Waals surface area contributed by atoms with E-state index in [1.165, 1.54) is 11.3 Å². The molecular formula is C19H12BrNO3S2. The first-order valence-corrected chi connectivity index (χ1v) is 10.6. The van der Waals surface area contributed by atoms with Crippen LogP contribution in [0.2, 0.25) is 0 Å². The number of halogens is 1. The Kier molecular flexibility index (Phi) is 3.84. The van der Waals surface area contributed by atoms with E-state index in [1.54, 1.807) is 11.8 Å². The maximum atomic E-state index is 12.9. The third-order valence-electron chi connectivity index (χ3n) is 4.77. The molecule has 0 radical (unpaired) electrons. The van der Waals surface area contributed by atoms with E-state index in [0.717, 1.165) is 25.5 Å². The lowest BCUT2D eigenvalue weighted by Gasteiger charge is -2.39. The molecule has 7 heteroatoms. The van der Waals surface area contributed by atoms with E-state index in [-0.39, 0.29) is 27.9 Å². The molecule has 4 nitrogen and oxygen atoms in total. The van der Waals surface area contributed by atoms with Gasteiger partial charge in [0.25, 0.3) is 0 Å². The van der Waals surface area contributed by atoms with Crippen LogP contribution < -0.4 is 9.61 Å². The molecule has 2 aliphatic rings. The second-order valence-corrected chi connectivity index (χ2v) is 9.35. The fraction of sp³-hybridized carbons (Fsp3) is 0.158. The third kappa shape index (κ3) is 2.49. The highest BCUT2D eigenvalue weighted by Gasteiger charge is 2.49. The van der Waals surface area contributed by atoms with Crippen molar-refractivity contribution < 1.29 is 9.53 Å². The largest absolute Gasteiger partial charge is 0.426 e. The van der Waals surface area contributed by atoms with Crippen LogP contribution in [0, 0.1) is 5.92 Å². The zero-order chi connectivity index (χ0) is 17.8. The molecule has 0 bridgehead atoms. The van der Waals surface area contributed by atoms with Crippen molar-refractivity contribution >= 4 is 45.0 Å². The van der Waals surface area contributed by atoms with Gasteiger partial charge < -0.3 is 9.72 Å². The number of fused-ring (bicyclic) bond motifs is 5. The lowest BCUT2D eigenvalue weighted by Crippen LogP contribution is -2.37. The second-order valence-electron chi connectivity index (χ2n) is 6.26. The number of H-pyrrole nitrogens is 1. The van der Waals surface area contributed by atoms with Crippen LogP contribution in [-0.4, -0.2) is 11.0 Å². The first kappa shape index (κ1) is 16.4. The number of carbonyl (C=O) groups is 1. The minimum absolute atomic E-state index is 0.0922. The lowest BCUT2D eigenvalue weighted by molar-refractivity contribution is -0.140. The SMILES string of the molecule is O=C1Oc2ccc(Br)cc2[C@H]2c3sc(=O)[nH]c3S[C@@H](c3ccccc3)[C@H]12. The number of ether oxygens (including phenoxy) is 1. The molecule has 0 spiro atoms. The van der Waals surface area contributed by atoms with E-state index >= 15 is 0 Å². The summed E-state index contributed by atoms with van der Waals surface area (Å²) >= 11 is 6.25. The normalized spacial score (nSPS) is 23.6. The summed E-state index contributed by atoms with van der Waals surface area (Å²) < 4.78 is 6.60. The van der Waals surface area contributed by atoms with Crippen LogP contribution in [0.5, 0.6) is 5.75 Å². The minimum Gasteiger partial charge on any atom is -0.426 e. The van der Waals surface area contributed by atoms with Crippen molar-refractivity contribution in [1.29, 1.82) is 0 Å². The Balaban J connectivity index is 1.76. The van der Waals surface area contributed by atoms with Gasteiger partial charge in [0.15, 0.2) is 0 Å². The Labute approximate surface area is 165 Å². The fourth-order valence-corrected chi connectivity index (χ4v) is 6.67. The Morgan fingerprint density at radius 2 is 1.88 bits per heavy atom. The van der Waals surface area contributed by atoms with Gasteiger partial charge in [0.2, 0.25) is 0 Å².